The van der Waals surface area contributed by atoms with E-state index in [0.717, 1.165) is 0 Å². The highest BCUT2D eigenvalue weighted by Gasteiger charge is 2.33. The molecule has 172 valence electrons. The Kier molecular flexibility index (Phi) is 8.75. The molecule has 0 radical (unpaired) electrons. The third-order valence-electron chi connectivity index (χ3n) is 4.97. The molecule has 3 rings (SSSR count). The number of rotatable bonds is 4. The van der Waals surface area contributed by atoms with Crippen molar-refractivity contribution in [3.63, 3.8) is 0 Å². The quantitative estimate of drug-likeness (QED) is 0.348. The number of nitrogens with zero attached hydrogens (tertiary/aromatic N) is 2. The largest absolute Gasteiger partial charge is 0.456 e. The van der Waals surface area contributed by atoms with Gasteiger partial charge in [0.1, 0.15) is 23.2 Å². The van der Waals surface area contributed by atoms with Crippen molar-refractivity contribution in [2.75, 3.05) is 11.5 Å². The maximum absolute atomic E-state index is 12.9. The summed E-state index contributed by atoms with van der Waals surface area (Å²) in [5.74, 6) is -0.259. The number of carbonyl (C=O) groups excluding carboxylic acids is 3. The number of fused-ring (bicyclic) bond motifs is 4. The van der Waals surface area contributed by atoms with E-state index in [1.807, 2.05) is 38.1 Å². The molecule has 0 saturated heterocycles. The lowest BCUT2D eigenvalue weighted by molar-refractivity contribution is -0.153. The Hall–Kier alpha value is -2.33. The molecule has 8 nitrogen and oxygen atoms in total. The first-order chi connectivity index (χ1) is 15.4. The molecule has 0 spiro atoms. The lowest BCUT2D eigenvalue weighted by atomic mass is 10.0. The molecular formula is C22H28N4O4S2. The van der Waals surface area contributed by atoms with Crippen LogP contribution in [0.1, 0.15) is 38.1 Å². The third-order valence-corrected chi connectivity index (χ3v) is 6.29. The number of thiol groups is 1. The zero-order valence-electron chi connectivity index (χ0n) is 18.1. The predicted molar refractivity (Wildman–Crippen MR) is 128 cm³/mol. The lowest BCUT2D eigenvalue weighted by Crippen LogP contribution is -2.49. The highest BCUT2D eigenvalue weighted by Crippen LogP contribution is 2.23. The van der Waals surface area contributed by atoms with Crippen LogP contribution in [0.15, 0.2) is 35.3 Å². The molecule has 0 fully saturated rings. The molecule has 0 aromatic carbocycles. The Balaban J connectivity index is 1.90. The molecule has 10 heteroatoms. The molecule has 2 N–H and O–H groups in total. The van der Waals surface area contributed by atoms with Crippen molar-refractivity contribution >= 4 is 47.2 Å². The minimum absolute atomic E-state index is 0.0293. The van der Waals surface area contributed by atoms with E-state index < -0.39 is 24.2 Å². The van der Waals surface area contributed by atoms with Crippen LogP contribution in [-0.4, -0.2) is 57.5 Å². The van der Waals surface area contributed by atoms with Crippen molar-refractivity contribution in [3.8, 4) is 0 Å². The standard InChI is InChI=1S/C22H28N4O4S2/c1-13(2)19-22(29)30-15(7-3-4-9-31)10-18(27)23-11-14-6-5-8-16(24-14)21-25-17(12-32-21)20(28)26-19/h3,5-8,13,15,17,19,31H,4,9-12H2,1-2H3,(H,23,27)(H,26,28)/b7-3+/t15-,17+,19+/m1/s1. The van der Waals surface area contributed by atoms with Gasteiger partial charge in [0.05, 0.1) is 24.4 Å². The van der Waals surface area contributed by atoms with Gasteiger partial charge in [-0.05, 0) is 36.3 Å². The number of esters is 1. The molecule has 4 bridgehead atoms. The Bertz CT molecular complexity index is 919. The van der Waals surface area contributed by atoms with Crippen LogP contribution >= 0.6 is 24.4 Å². The third kappa shape index (κ3) is 6.59. The van der Waals surface area contributed by atoms with E-state index in [-0.39, 0.29) is 30.7 Å². The molecule has 2 aliphatic heterocycles. The van der Waals surface area contributed by atoms with Crippen LogP contribution in [0.3, 0.4) is 0 Å². The number of nitrogens with one attached hydrogen (secondary N) is 2. The average Bonchev–Trinajstić information content (AvgIpc) is 3.26. The fourth-order valence-corrected chi connectivity index (χ4v) is 4.38. The van der Waals surface area contributed by atoms with Crippen LogP contribution in [0.2, 0.25) is 0 Å². The fourth-order valence-electron chi connectivity index (χ4n) is 3.23. The van der Waals surface area contributed by atoms with Crippen LogP contribution in [0.25, 0.3) is 0 Å². The summed E-state index contributed by atoms with van der Waals surface area (Å²) in [6.45, 7) is 3.90. The summed E-state index contributed by atoms with van der Waals surface area (Å²) >= 11 is 5.62. The van der Waals surface area contributed by atoms with Crippen LogP contribution < -0.4 is 10.6 Å². The number of hydrogen-bond donors (Lipinski definition) is 3. The van der Waals surface area contributed by atoms with Crippen molar-refractivity contribution in [3.05, 3.63) is 41.7 Å². The highest BCUT2D eigenvalue weighted by atomic mass is 32.2. The average molecular weight is 477 g/mol. The fraction of sp³-hybridized carbons (Fsp3) is 0.500. The number of carbonyl (C=O) groups is 3. The van der Waals surface area contributed by atoms with E-state index in [1.54, 1.807) is 6.08 Å². The normalized spacial score (nSPS) is 24.8. The Morgan fingerprint density at radius 3 is 2.88 bits per heavy atom. The molecular weight excluding hydrogens is 448 g/mol. The zero-order valence-corrected chi connectivity index (χ0v) is 19.8. The summed E-state index contributed by atoms with van der Waals surface area (Å²) in [7, 11) is 0. The maximum atomic E-state index is 12.9. The van der Waals surface area contributed by atoms with Crippen molar-refractivity contribution in [1.29, 1.82) is 0 Å². The smallest absolute Gasteiger partial charge is 0.329 e. The summed E-state index contributed by atoms with van der Waals surface area (Å²) in [5, 5.41) is 6.29. The number of hydrogen-bond acceptors (Lipinski definition) is 8. The second-order valence-corrected chi connectivity index (χ2v) is 9.36. The summed E-state index contributed by atoms with van der Waals surface area (Å²) in [6.07, 6.45) is 3.42. The van der Waals surface area contributed by atoms with E-state index in [0.29, 0.717) is 34.4 Å². The van der Waals surface area contributed by atoms with Gasteiger partial charge in [0.25, 0.3) is 0 Å². The Labute approximate surface area is 197 Å². The van der Waals surface area contributed by atoms with E-state index >= 15 is 0 Å². The van der Waals surface area contributed by atoms with Gasteiger partial charge in [-0.25, -0.2) is 9.78 Å². The van der Waals surface area contributed by atoms with Crippen molar-refractivity contribution < 1.29 is 19.1 Å². The van der Waals surface area contributed by atoms with Gasteiger partial charge in [-0.3, -0.25) is 14.6 Å². The minimum Gasteiger partial charge on any atom is -0.456 e. The van der Waals surface area contributed by atoms with Crippen LogP contribution in [0.5, 0.6) is 0 Å². The molecule has 0 aliphatic carbocycles. The van der Waals surface area contributed by atoms with E-state index in [1.165, 1.54) is 11.8 Å². The first kappa shape index (κ1) is 24.3. The van der Waals surface area contributed by atoms with Gasteiger partial charge in [0.2, 0.25) is 11.8 Å². The van der Waals surface area contributed by atoms with Gasteiger partial charge in [0, 0.05) is 5.75 Å². The van der Waals surface area contributed by atoms with Gasteiger partial charge >= 0.3 is 5.97 Å². The molecule has 3 atom stereocenters. The lowest BCUT2D eigenvalue weighted by Gasteiger charge is -2.24. The molecule has 2 aliphatic rings. The number of allylic oxidation sites excluding steroid dienone is 1. The maximum Gasteiger partial charge on any atom is 0.329 e. The number of thioether (sulfide) groups is 1. The Morgan fingerprint density at radius 2 is 2.12 bits per heavy atom. The summed E-state index contributed by atoms with van der Waals surface area (Å²) < 4.78 is 5.63. The molecule has 1 aromatic heterocycles. The first-order valence-corrected chi connectivity index (χ1v) is 12.2. The number of pyridine rings is 1. The monoisotopic (exact) mass is 476 g/mol. The predicted octanol–water partition coefficient (Wildman–Crippen LogP) is 1.89. The molecule has 3 heterocycles. The zero-order chi connectivity index (χ0) is 23.1. The van der Waals surface area contributed by atoms with Crippen LogP contribution in [-0.2, 0) is 25.7 Å². The molecule has 0 saturated carbocycles. The number of ether oxygens (including phenoxy) is 1. The number of aliphatic imine (C=N–C) groups is 1. The van der Waals surface area contributed by atoms with E-state index in [2.05, 4.69) is 33.2 Å². The highest BCUT2D eigenvalue weighted by molar-refractivity contribution is 8.14. The summed E-state index contributed by atoms with van der Waals surface area (Å²) in [6, 6.07) is 4.05. The molecule has 32 heavy (non-hydrogen) atoms. The molecule has 2 amide bonds. The van der Waals surface area contributed by atoms with Crippen LogP contribution in [0.4, 0.5) is 0 Å². The topological polar surface area (TPSA) is 110 Å². The summed E-state index contributed by atoms with van der Waals surface area (Å²) in [4.78, 5) is 47.4. The second-order valence-electron chi connectivity index (χ2n) is 7.90. The van der Waals surface area contributed by atoms with Gasteiger partial charge in [-0.15, -0.1) is 11.8 Å². The van der Waals surface area contributed by atoms with Crippen molar-refractivity contribution in [2.45, 2.75) is 51.4 Å². The first-order valence-electron chi connectivity index (χ1n) is 10.6. The van der Waals surface area contributed by atoms with Crippen molar-refractivity contribution in [2.24, 2.45) is 10.9 Å². The van der Waals surface area contributed by atoms with E-state index in [4.69, 9.17) is 4.74 Å². The number of amides is 2. The van der Waals surface area contributed by atoms with Crippen LogP contribution in [0, 0.1) is 5.92 Å². The number of aromatic nitrogens is 1. The van der Waals surface area contributed by atoms with E-state index in [9.17, 15) is 14.4 Å². The van der Waals surface area contributed by atoms with Gasteiger partial charge < -0.3 is 15.4 Å². The number of cyclic esters (lactones) is 1. The molecule has 1 aromatic rings. The molecule has 0 unspecified atom stereocenters. The van der Waals surface area contributed by atoms with Gasteiger partial charge in [-0.2, -0.15) is 12.6 Å². The minimum atomic E-state index is -0.843. The second kappa shape index (κ2) is 11.5. The van der Waals surface area contributed by atoms with Gasteiger partial charge in [-0.1, -0.05) is 26.0 Å². The van der Waals surface area contributed by atoms with Crippen molar-refractivity contribution in [1.82, 2.24) is 15.6 Å². The van der Waals surface area contributed by atoms with Gasteiger partial charge in [0.15, 0.2) is 0 Å². The SMILES string of the molecule is CC(C)[C@@H]1NC(=O)[C@@H]2CSC(=N2)c2cccc(n2)CNC(=O)C[C@@H](/C=C/CCS)OC1=O. The Morgan fingerprint density at radius 1 is 1.31 bits per heavy atom. The summed E-state index contributed by atoms with van der Waals surface area (Å²) in [5.41, 5.74) is 1.34.